The van der Waals surface area contributed by atoms with Crippen LogP contribution in [0.25, 0.3) is 54.6 Å². The molecular formula is C62H56F4N2Si2. The van der Waals surface area contributed by atoms with Crippen molar-refractivity contribution >= 4 is 93.0 Å². The lowest BCUT2D eigenvalue weighted by Crippen LogP contribution is -2.37. The van der Waals surface area contributed by atoms with Crippen molar-refractivity contribution in [3.63, 3.8) is 0 Å². The van der Waals surface area contributed by atoms with Gasteiger partial charge in [-0.25, -0.2) is 17.6 Å². The third kappa shape index (κ3) is 8.26. The molecule has 0 saturated heterocycles. The molecule has 70 heavy (non-hydrogen) atoms. The SMILES string of the molecule is Cc1ccc(-c2cc(N(c3ccc([Si](C)(C)C)cc3)c3ccc4ccc5c(N(c6ccc([Si](C)(C)C)cc6)c6cc(-c7ccc(C)c(C)c7)c(F)cc6F)ccc6ccc3c4c65)c(F)cc2F)cc1C. The van der Waals surface area contributed by atoms with Crippen LogP contribution in [0.4, 0.5) is 51.7 Å². The van der Waals surface area contributed by atoms with Crippen molar-refractivity contribution in [1.82, 2.24) is 0 Å². The molecule has 0 aromatic heterocycles. The zero-order chi connectivity index (χ0) is 49.6. The maximum absolute atomic E-state index is 16.8. The molecule has 10 aromatic carbocycles. The Labute approximate surface area is 410 Å². The predicted octanol–water partition coefficient (Wildman–Crippen LogP) is 17.7. The minimum absolute atomic E-state index is 0.213. The molecule has 0 aliphatic rings. The number of benzene rings is 10. The molecule has 0 amide bonds. The van der Waals surface area contributed by atoms with Crippen LogP contribution >= 0.6 is 0 Å². The third-order valence-corrected chi connectivity index (χ3v) is 18.4. The summed E-state index contributed by atoms with van der Waals surface area (Å²) >= 11 is 0. The molecule has 0 aliphatic heterocycles. The molecule has 0 unspecified atom stereocenters. The van der Waals surface area contributed by atoms with E-state index in [0.29, 0.717) is 33.6 Å². The van der Waals surface area contributed by atoms with Gasteiger partial charge in [0.25, 0.3) is 0 Å². The predicted molar refractivity (Wildman–Crippen MR) is 295 cm³/mol. The molecule has 0 bridgehead atoms. The summed E-state index contributed by atoms with van der Waals surface area (Å²) in [6.07, 6.45) is 0. The number of hydrogen-bond donors (Lipinski definition) is 0. The molecule has 0 fully saturated rings. The van der Waals surface area contributed by atoms with Crippen LogP contribution < -0.4 is 20.2 Å². The van der Waals surface area contributed by atoms with E-state index in [9.17, 15) is 0 Å². The average Bonchev–Trinajstić information content (AvgIpc) is 3.32. The van der Waals surface area contributed by atoms with E-state index in [1.807, 2.05) is 110 Å². The highest BCUT2D eigenvalue weighted by molar-refractivity contribution is 6.89. The highest BCUT2D eigenvalue weighted by atomic mass is 28.3. The summed E-state index contributed by atoms with van der Waals surface area (Å²) in [5.41, 5.74) is 9.44. The van der Waals surface area contributed by atoms with Gasteiger partial charge in [0.1, 0.15) is 23.3 Å². The number of anilines is 6. The van der Waals surface area contributed by atoms with E-state index in [-0.39, 0.29) is 11.4 Å². The van der Waals surface area contributed by atoms with E-state index in [4.69, 9.17) is 0 Å². The van der Waals surface area contributed by atoms with Gasteiger partial charge in [0.2, 0.25) is 0 Å². The van der Waals surface area contributed by atoms with Crippen molar-refractivity contribution in [1.29, 1.82) is 0 Å². The monoisotopic (exact) mass is 960 g/mol. The lowest BCUT2D eigenvalue weighted by Gasteiger charge is -2.30. The van der Waals surface area contributed by atoms with Gasteiger partial charge in [0, 0.05) is 45.4 Å². The number of nitrogens with zero attached hydrogens (tertiary/aromatic N) is 2. The summed E-state index contributed by atoms with van der Waals surface area (Å²) in [5.74, 6) is -2.66. The fourth-order valence-corrected chi connectivity index (χ4v) is 12.2. The van der Waals surface area contributed by atoms with Crippen molar-refractivity contribution in [2.24, 2.45) is 0 Å². The molecule has 0 heterocycles. The van der Waals surface area contributed by atoms with Gasteiger partial charge in [-0.2, -0.15) is 0 Å². The Morgan fingerprint density at radius 1 is 0.329 bits per heavy atom. The first-order valence-electron chi connectivity index (χ1n) is 23.9. The molecule has 0 N–H and O–H groups in total. The second-order valence-electron chi connectivity index (χ2n) is 21.0. The fraction of sp³-hybridized carbons (Fsp3) is 0.161. The van der Waals surface area contributed by atoms with Crippen molar-refractivity contribution in [2.45, 2.75) is 67.0 Å². The van der Waals surface area contributed by atoms with Crippen LogP contribution in [0.3, 0.4) is 0 Å². The molecule has 8 heteroatoms. The van der Waals surface area contributed by atoms with E-state index in [0.717, 1.165) is 78.1 Å². The molecule has 10 rings (SSSR count). The summed E-state index contributed by atoms with van der Waals surface area (Å²) in [4.78, 5) is 3.82. The van der Waals surface area contributed by atoms with E-state index in [1.165, 1.54) is 10.4 Å². The maximum atomic E-state index is 16.8. The molecular weight excluding hydrogens is 905 g/mol. The second-order valence-corrected chi connectivity index (χ2v) is 31.2. The first-order valence-corrected chi connectivity index (χ1v) is 30.9. The average molecular weight is 961 g/mol. The molecule has 350 valence electrons. The Balaban J connectivity index is 1.23. The summed E-state index contributed by atoms with van der Waals surface area (Å²) in [6.45, 7) is 21.8. The molecule has 0 saturated carbocycles. The molecule has 0 atom stereocenters. The van der Waals surface area contributed by atoms with Gasteiger partial charge in [-0.1, -0.05) is 147 Å². The van der Waals surface area contributed by atoms with Crippen molar-refractivity contribution in [2.75, 3.05) is 9.80 Å². The number of aryl methyl sites for hydroxylation is 4. The van der Waals surface area contributed by atoms with Crippen LogP contribution in [0, 0.1) is 51.0 Å². The van der Waals surface area contributed by atoms with E-state index < -0.39 is 39.4 Å². The van der Waals surface area contributed by atoms with Crippen LogP contribution in [0.2, 0.25) is 39.3 Å². The normalized spacial score (nSPS) is 12.1. The number of rotatable bonds is 10. The van der Waals surface area contributed by atoms with Gasteiger partial charge >= 0.3 is 0 Å². The van der Waals surface area contributed by atoms with E-state index in [1.54, 1.807) is 12.1 Å². The summed E-state index contributed by atoms with van der Waals surface area (Å²) in [5, 5.41) is 8.05. The zero-order valence-corrected chi connectivity index (χ0v) is 43.4. The van der Waals surface area contributed by atoms with Gasteiger partial charge < -0.3 is 9.80 Å². The topological polar surface area (TPSA) is 6.48 Å². The number of halogens is 4. The zero-order valence-electron chi connectivity index (χ0n) is 41.4. The van der Waals surface area contributed by atoms with Gasteiger partial charge in [0.15, 0.2) is 0 Å². The fourth-order valence-electron chi connectivity index (χ4n) is 9.88. The third-order valence-electron chi connectivity index (χ3n) is 14.3. The highest BCUT2D eigenvalue weighted by Gasteiger charge is 2.28. The smallest absolute Gasteiger partial charge is 0.150 e. The van der Waals surface area contributed by atoms with E-state index >= 15 is 17.6 Å². The van der Waals surface area contributed by atoms with Gasteiger partial charge in [0.05, 0.1) is 38.9 Å². The quantitative estimate of drug-likeness (QED) is 0.0766. The van der Waals surface area contributed by atoms with Crippen molar-refractivity contribution < 1.29 is 17.6 Å². The van der Waals surface area contributed by atoms with E-state index in [2.05, 4.69) is 99.9 Å². The van der Waals surface area contributed by atoms with Crippen LogP contribution in [0.1, 0.15) is 22.3 Å². The Kier molecular flexibility index (Phi) is 11.6. The molecule has 2 nitrogen and oxygen atoms in total. The van der Waals surface area contributed by atoms with Crippen LogP contribution in [-0.4, -0.2) is 16.1 Å². The highest BCUT2D eigenvalue weighted by Crippen LogP contribution is 2.49. The lowest BCUT2D eigenvalue weighted by molar-refractivity contribution is 0.586. The lowest BCUT2D eigenvalue weighted by atomic mass is 9.91. The maximum Gasteiger partial charge on any atom is 0.150 e. The summed E-state index contributed by atoms with van der Waals surface area (Å²) < 4.78 is 65.7. The minimum Gasteiger partial charge on any atom is -0.307 e. The van der Waals surface area contributed by atoms with Crippen LogP contribution in [0.5, 0.6) is 0 Å². The number of hydrogen-bond acceptors (Lipinski definition) is 2. The second kappa shape index (κ2) is 17.4. The Bertz CT molecular complexity index is 3420. The standard InChI is InChI=1S/C62H56F4N2Si2/c1-37-11-13-43(31-39(37)3)51-33-59(55(65)35-53(51)63)67(45-19-23-47(24-20-45)69(5,6)7)57-29-17-41-16-28-50-58(30-18-42-15-27-49(57)61(41)62(42)50)68(46-21-25-48(26-22-46)70(8,9)10)60-34-52(54(64)36-56(60)66)44-14-12-38(2)40(4)32-44/h11-36H,1-10H3. The van der Waals surface area contributed by atoms with Crippen molar-refractivity contribution in [3.8, 4) is 22.3 Å². The van der Waals surface area contributed by atoms with Gasteiger partial charge in [-0.05, 0) is 131 Å². The Hall–Kier alpha value is -7.01. The Morgan fingerprint density at radius 2 is 0.686 bits per heavy atom. The van der Waals surface area contributed by atoms with Crippen LogP contribution in [0.15, 0.2) is 158 Å². The van der Waals surface area contributed by atoms with Gasteiger partial charge in [-0.15, -0.1) is 0 Å². The van der Waals surface area contributed by atoms with Crippen LogP contribution in [-0.2, 0) is 0 Å². The summed E-state index contributed by atoms with van der Waals surface area (Å²) in [7, 11) is -3.43. The molecule has 0 aliphatic carbocycles. The Morgan fingerprint density at radius 3 is 1.03 bits per heavy atom. The minimum atomic E-state index is -1.71. The summed E-state index contributed by atoms with van der Waals surface area (Å²) in [6, 6.07) is 50.0. The van der Waals surface area contributed by atoms with Crippen molar-refractivity contribution in [3.05, 3.63) is 203 Å². The molecule has 0 spiro atoms. The van der Waals surface area contributed by atoms with Gasteiger partial charge in [-0.3, -0.25) is 0 Å². The first-order chi connectivity index (χ1) is 33.3. The molecule has 10 aromatic rings. The molecule has 0 radical (unpaired) electrons. The first kappa shape index (κ1) is 46.7. The largest absolute Gasteiger partial charge is 0.307 e.